The summed E-state index contributed by atoms with van der Waals surface area (Å²) in [5.41, 5.74) is 0. The van der Waals surface area contributed by atoms with Crippen molar-refractivity contribution in [2.24, 2.45) is 4.99 Å². The molecule has 0 spiro atoms. The van der Waals surface area contributed by atoms with Crippen LogP contribution in [0, 0.1) is 0 Å². The van der Waals surface area contributed by atoms with E-state index in [0.29, 0.717) is 13.1 Å². The van der Waals surface area contributed by atoms with Gasteiger partial charge in [0.1, 0.15) is 0 Å². The van der Waals surface area contributed by atoms with E-state index in [2.05, 4.69) is 38.0 Å². The number of aliphatic hydroxyl groups excluding tert-OH is 1. The number of guanidine groups is 1. The van der Waals surface area contributed by atoms with Crippen LogP contribution >= 0.6 is 11.3 Å². The van der Waals surface area contributed by atoms with Crippen molar-refractivity contribution in [3.63, 3.8) is 0 Å². The summed E-state index contributed by atoms with van der Waals surface area (Å²) in [6.07, 6.45) is 0. The fourth-order valence-corrected chi connectivity index (χ4v) is 3.30. The number of thiophene rings is 1. The first-order chi connectivity index (χ1) is 10.8. The summed E-state index contributed by atoms with van der Waals surface area (Å²) in [6.45, 7) is 7.60. The number of nitrogens with one attached hydrogen (secondary N) is 2. The Balaban J connectivity index is 2.04. The van der Waals surface area contributed by atoms with Crippen molar-refractivity contribution in [3.8, 4) is 0 Å². The monoisotopic (exact) mass is 326 g/mol. The van der Waals surface area contributed by atoms with Crippen molar-refractivity contribution < 1.29 is 9.84 Å². The molecule has 1 atom stereocenters. The molecule has 1 unspecified atom stereocenters. The van der Waals surface area contributed by atoms with Crippen LogP contribution in [0.5, 0.6) is 0 Å². The van der Waals surface area contributed by atoms with Gasteiger partial charge in [0.25, 0.3) is 0 Å². The molecule has 7 heteroatoms. The molecular weight excluding hydrogens is 300 g/mol. The highest BCUT2D eigenvalue weighted by atomic mass is 32.1. The SMILES string of the molecule is CCNC(=NCC(c1cccs1)N1CCOCC1)NCCO. The molecule has 1 aromatic heterocycles. The molecule has 1 aliphatic heterocycles. The van der Waals surface area contributed by atoms with Gasteiger partial charge in [0.05, 0.1) is 32.4 Å². The first kappa shape index (κ1) is 17.2. The number of rotatable bonds is 7. The van der Waals surface area contributed by atoms with E-state index in [1.165, 1.54) is 4.88 Å². The second-order valence-corrected chi connectivity index (χ2v) is 6.03. The predicted octanol–water partition coefficient (Wildman–Crippen LogP) is 0.669. The minimum atomic E-state index is 0.0994. The van der Waals surface area contributed by atoms with Crippen LogP contribution in [0.15, 0.2) is 22.5 Å². The van der Waals surface area contributed by atoms with Gasteiger partial charge in [-0.05, 0) is 18.4 Å². The smallest absolute Gasteiger partial charge is 0.191 e. The fraction of sp³-hybridized carbons (Fsp3) is 0.667. The van der Waals surface area contributed by atoms with Crippen molar-refractivity contribution in [1.82, 2.24) is 15.5 Å². The average molecular weight is 326 g/mol. The summed E-state index contributed by atoms with van der Waals surface area (Å²) in [5.74, 6) is 0.756. The largest absolute Gasteiger partial charge is 0.395 e. The lowest BCUT2D eigenvalue weighted by atomic mass is 10.2. The van der Waals surface area contributed by atoms with Crippen LogP contribution in [-0.2, 0) is 4.74 Å². The van der Waals surface area contributed by atoms with E-state index in [4.69, 9.17) is 9.84 Å². The Bertz CT molecular complexity index is 433. The Labute approximate surface area is 136 Å². The van der Waals surface area contributed by atoms with Crippen molar-refractivity contribution in [2.45, 2.75) is 13.0 Å². The van der Waals surface area contributed by atoms with E-state index in [1.54, 1.807) is 11.3 Å². The van der Waals surface area contributed by atoms with E-state index in [0.717, 1.165) is 38.8 Å². The third kappa shape index (κ3) is 5.24. The topological polar surface area (TPSA) is 69.1 Å². The Morgan fingerprint density at radius 1 is 1.45 bits per heavy atom. The van der Waals surface area contributed by atoms with Crippen LogP contribution in [0.3, 0.4) is 0 Å². The summed E-state index contributed by atoms with van der Waals surface area (Å²) < 4.78 is 5.46. The molecule has 124 valence electrons. The van der Waals surface area contributed by atoms with Gasteiger partial charge in [0, 0.05) is 31.1 Å². The molecule has 0 bridgehead atoms. The second-order valence-electron chi connectivity index (χ2n) is 5.05. The minimum Gasteiger partial charge on any atom is -0.395 e. The van der Waals surface area contributed by atoms with E-state index in [1.807, 2.05) is 6.92 Å². The summed E-state index contributed by atoms with van der Waals surface area (Å²) >= 11 is 1.77. The zero-order valence-electron chi connectivity index (χ0n) is 13.1. The fourth-order valence-electron chi connectivity index (χ4n) is 2.45. The predicted molar refractivity (Wildman–Crippen MR) is 90.5 cm³/mol. The molecule has 2 heterocycles. The zero-order chi connectivity index (χ0) is 15.6. The maximum absolute atomic E-state index is 8.95. The van der Waals surface area contributed by atoms with Gasteiger partial charge < -0.3 is 20.5 Å². The van der Waals surface area contributed by atoms with Gasteiger partial charge in [-0.2, -0.15) is 0 Å². The standard InChI is InChI=1S/C15H26N4O2S/c1-2-16-15(17-5-8-20)18-12-13(14-4-3-11-22-14)19-6-9-21-10-7-19/h3-4,11,13,20H,2,5-10,12H2,1H3,(H2,16,17,18). The maximum Gasteiger partial charge on any atom is 0.191 e. The molecule has 0 aliphatic carbocycles. The van der Waals surface area contributed by atoms with Gasteiger partial charge >= 0.3 is 0 Å². The molecular formula is C15H26N4O2S. The number of aliphatic hydroxyl groups is 1. The van der Waals surface area contributed by atoms with Crippen LogP contribution in [0.4, 0.5) is 0 Å². The number of nitrogens with zero attached hydrogens (tertiary/aromatic N) is 2. The summed E-state index contributed by atoms with van der Waals surface area (Å²) in [6, 6.07) is 4.55. The molecule has 0 saturated carbocycles. The first-order valence-corrected chi connectivity index (χ1v) is 8.71. The number of aliphatic imine (C=N–C) groups is 1. The van der Waals surface area contributed by atoms with Gasteiger partial charge in [-0.25, -0.2) is 0 Å². The summed E-state index contributed by atoms with van der Waals surface area (Å²) in [7, 11) is 0. The zero-order valence-corrected chi connectivity index (χ0v) is 13.9. The highest BCUT2D eigenvalue weighted by molar-refractivity contribution is 7.10. The van der Waals surface area contributed by atoms with Gasteiger partial charge in [0.2, 0.25) is 0 Å². The Hall–Kier alpha value is -1.15. The Morgan fingerprint density at radius 2 is 2.27 bits per heavy atom. The molecule has 0 radical (unpaired) electrons. The maximum atomic E-state index is 8.95. The van der Waals surface area contributed by atoms with Crippen molar-refractivity contribution >= 4 is 17.3 Å². The Morgan fingerprint density at radius 3 is 2.91 bits per heavy atom. The van der Waals surface area contributed by atoms with Gasteiger partial charge in [-0.3, -0.25) is 9.89 Å². The van der Waals surface area contributed by atoms with Gasteiger partial charge in [-0.1, -0.05) is 6.07 Å². The molecule has 22 heavy (non-hydrogen) atoms. The van der Waals surface area contributed by atoms with Crippen molar-refractivity contribution in [3.05, 3.63) is 22.4 Å². The second kappa shape index (κ2) is 9.78. The summed E-state index contributed by atoms with van der Waals surface area (Å²) in [4.78, 5) is 8.47. The van der Waals surface area contributed by atoms with Crippen LogP contribution < -0.4 is 10.6 Å². The number of hydrogen-bond acceptors (Lipinski definition) is 5. The Kier molecular flexibility index (Phi) is 7.65. The normalized spacial score (nSPS) is 18.2. The third-order valence-electron chi connectivity index (χ3n) is 3.53. The highest BCUT2D eigenvalue weighted by Crippen LogP contribution is 2.26. The van der Waals surface area contributed by atoms with Gasteiger partial charge in [0.15, 0.2) is 5.96 Å². The van der Waals surface area contributed by atoms with E-state index in [-0.39, 0.29) is 12.6 Å². The molecule has 0 aromatic carbocycles. The lowest BCUT2D eigenvalue weighted by molar-refractivity contribution is 0.0186. The van der Waals surface area contributed by atoms with E-state index >= 15 is 0 Å². The number of ether oxygens (including phenoxy) is 1. The minimum absolute atomic E-state index is 0.0994. The van der Waals surface area contributed by atoms with Crippen LogP contribution in [0.25, 0.3) is 0 Å². The molecule has 3 N–H and O–H groups in total. The molecule has 1 aromatic rings. The third-order valence-corrected chi connectivity index (χ3v) is 4.50. The number of morpholine rings is 1. The molecule has 1 aliphatic rings. The van der Waals surface area contributed by atoms with Crippen LogP contribution in [0.2, 0.25) is 0 Å². The lowest BCUT2D eigenvalue weighted by Crippen LogP contribution is -2.42. The van der Waals surface area contributed by atoms with E-state index < -0.39 is 0 Å². The lowest BCUT2D eigenvalue weighted by Gasteiger charge is -2.33. The molecule has 1 fully saturated rings. The first-order valence-electron chi connectivity index (χ1n) is 7.83. The van der Waals surface area contributed by atoms with Crippen molar-refractivity contribution in [2.75, 3.05) is 52.5 Å². The quantitative estimate of drug-likeness (QED) is 0.507. The highest BCUT2D eigenvalue weighted by Gasteiger charge is 2.23. The number of hydrogen-bond donors (Lipinski definition) is 3. The molecule has 0 amide bonds. The molecule has 1 saturated heterocycles. The van der Waals surface area contributed by atoms with Crippen molar-refractivity contribution in [1.29, 1.82) is 0 Å². The molecule has 6 nitrogen and oxygen atoms in total. The molecule has 2 rings (SSSR count). The summed E-state index contributed by atoms with van der Waals surface area (Å²) in [5, 5.41) is 17.4. The van der Waals surface area contributed by atoms with Crippen LogP contribution in [0.1, 0.15) is 17.8 Å². The average Bonchev–Trinajstić information content (AvgIpc) is 3.08. The van der Waals surface area contributed by atoms with Crippen LogP contribution in [-0.4, -0.2) is 68.5 Å². The van der Waals surface area contributed by atoms with Gasteiger partial charge in [-0.15, -0.1) is 11.3 Å². The van der Waals surface area contributed by atoms with E-state index in [9.17, 15) is 0 Å².